The lowest BCUT2D eigenvalue weighted by atomic mass is 10.0. The molecule has 0 saturated carbocycles. The zero-order valence-corrected chi connectivity index (χ0v) is 10.3. The van der Waals surface area contributed by atoms with E-state index in [4.69, 9.17) is 4.74 Å². The Kier molecular flexibility index (Phi) is 4.42. The third-order valence-electron chi connectivity index (χ3n) is 2.18. The zero-order chi connectivity index (χ0) is 9.97. The quantitative estimate of drug-likeness (QED) is 0.864. The fourth-order valence-corrected chi connectivity index (χ4v) is 1.92. The normalized spacial score (nSPS) is 19.8. The summed E-state index contributed by atoms with van der Waals surface area (Å²) < 4.78 is 5.82. The standard InChI is InChI=1S/C10H10BrNO2.ClH/c11-8-3-1-2-7(6-8)9-4-5-14-10(13)12-9;/h1-3,6,9H,4-5H2,(H,12,13);1H/t9-;/m1./s1. The molecule has 0 spiro atoms. The number of amides is 1. The van der Waals surface area contributed by atoms with Gasteiger partial charge in [-0.3, -0.25) is 0 Å². The fraction of sp³-hybridized carbons (Fsp3) is 0.300. The predicted molar refractivity (Wildman–Crippen MR) is 63.2 cm³/mol. The Morgan fingerprint density at radius 2 is 2.27 bits per heavy atom. The van der Waals surface area contributed by atoms with Gasteiger partial charge in [-0.15, -0.1) is 12.4 Å². The van der Waals surface area contributed by atoms with Crippen molar-refractivity contribution in [2.45, 2.75) is 12.5 Å². The number of carbonyl (C=O) groups excluding carboxylic acids is 1. The minimum Gasteiger partial charge on any atom is -0.449 e. The van der Waals surface area contributed by atoms with Crippen LogP contribution in [-0.2, 0) is 4.74 Å². The summed E-state index contributed by atoms with van der Waals surface area (Å²) in [4.78, 5) is 11.0. The van der Waals surface area contributed by atoms with Gasteiger partial charge in [-0.1, -0.05) is 28.1 Å². The number of alkyl carbamates (subject to hydrolysis) is 1. The Bertz CT molecular complexity index is 359. The van der Waals surface area contributed by atoms with Gasteiger partial charge >= 0.3 is 6.09 Å². The maximum atomic E-state index is 11.0. The molecular weight excluding hydrogens is 281 g/mol. The third-order valence-corrected chi connectivity index (χ3v) is 2.68. The van der Waals surface area contributed by atoms with Crippen molar-refractivity contribution in [1.82, 2.24) is 5.32 Å². The molecule has 1 aliphatic rings. The molecule has 3 nitrogen and oxygen atoms in total. The van der Waals surface area contributed by atoms with Gasteiger partial charge in [-0.25, -0.2) is 4.79 Å². The van der Waals surface area contributed by atoms with Gasteiger partial charge in [0.1, 0.15) is 0 Å². The van der Waals surface area contributed by atoms with Gasteiger partial charge in [0.15, 0.2) is 0 Å². The van der Waals surface area contributed by atoms with Crippen molar-refractivity contribution < 1.29 is 9.53 Å². The SMILES string of the molecule is Cl.O=C1N[C@@H](c2cccc(Br)c2)CCO1. The lowest BCUT2D eigenvalue weighted by Gasteiger charge is -2.23. The fourth-order valence-electron chi connectivity index (χ4n) is 1.50. The second-order valence-electron chi connectivity index (χ2n) is 3.18. The van der Waals surface area contributed by atoms with Crippen molar-refractivity contribution in [1.29, 1.82) is 0 Å². The van der Waals surface area contributed by atoms with Gasteiger partial charge in [-0.2, -0.15) is 0 Å². The van der Waals surface area contributed by atoms with Crippen LogP contribution in [-0.4, -0.2) is 12.7 Å². The second kappa shape index (κ2) is 5.37. The van der Waals surface area contributed by atoms with E-state index >= 15 is 0 Å². The average molecular weight is 293 g/mol. The first kappa shape index (κ1) is 12.3. The molecule has 1 heterocycles. The molecule has 15 heavy (non-hydrogen) atoms. The molecule has 82 valence electrons. The monoisotopic (exact) mass is 291 g/mol. The number of carbonyl (C=O) groups is 1. The highest BCUT2D eigenvalue weighted by Crippen LogP contribution is 2.22. The van der Waals surface area contributed by atoms with Crippen molar-refractivity contribution in [2.24, 2.45) is 0 Å². The van der Waals surface area contributed by atoms with E-state index in [0.717, 1.165) is 16.5 Å². The van der Waals surface area contributed by atoms with Gasteiger partial charge in [0, 0.05) is 10.9 Å². The topological polar surface area (TPSA) is 38.3 Å². The van der Waals surface area contributed by atoms with Crippen LogP contribution in [0.5, 0.6) is 0 Å². The first-order valence-corrected chi connectivity index (χ1v) is 5.24. The molecule has 1 aromatic carbocycles. The lowest BCUT2D eigenvalue weighted by Crippen LogP contribution is -2.35. The maximum Gasteiger partial charge on any atom is 0.407 e. The minimum atomic E-state index is -0.332. The number of hydrogen-bond donors (Lipinski definition) is 1. The van der Waals surface area contributed by atoms with Gasteiger partial charge in [0.2, 0.25) is 0 Å². The van der Waals surface area contributed by atoms with Crippen LogP contribution in [0.15, 0.2) is 28.7 Å². The van der Waals surface area contributed by atoms with E-state index in [1.54, 1.807) is 0 Å². The summed E-state index contributed by atoms with van der Waals surface area (Å²) in [6, 6.07) is 8.01. The number of ether oxygens (including phenoxy) is 1. The van der Waals surface area contributed by atoms with Crippen LogP contribution in [0.2, 0.25) is 0 Å². The van der Waals surface area contributed by atoms with Crippen LogP contribution in [0, 0.1) is 0 Å². The van der Waals surface area contributed by atoms with Crippen molar-refractivity contribution >= 4 is 34.4 Å². The maximum absolute atomic E-state index is 11.0. The molecule has 1 N–H and O–H groups in total. The molecule has 0 bridgehead atoms. The van der Waals surface area contributed by atoms with Crippen molar-refractivity contribution in [3.05, 3.63) is 34.3 Å². The molecule has 1 fully saturated rings. The highest BCUT2D eigenvalue weighted by atomic mass is 79.9. The first-order valence-electron chi connectivity index (χ1n) is 4.44. The van der Waals surface area contributed by atoms with Crippen LogP contribution in [0.3, 0.4) is 0 Å². The Morgan fingerprint density at radius 1 is 1.47 bits per heavy atom. The Balaban J connectivity index is 0.00000112. The molecule has 1 aromatic rings. The van der Waals surface area contributed by atoms with Crippen LogP contribution < -0.4 is 5.32 Å². The molecule has 0 unspecified atom stereocenters. The Hall–Kier alpha value is -0.740. The van der Waals surface area contributed by atoms with E-state index < -0.39 is 0 Å². The van der Waals surface area contributed by atoms with E-state index in [1.807, 2.05) is 24.3 Å². The van der Waals surface area contributed by atoms with Gasteiger partial charge in [0.05, 0.1) is 12.6 Å². The number of nitrogens with one attached hydrogen (secondary N) is 1. The van der Waals surface area contributed by atoms with Crippen molar-refractivity contribution in [3.63, 3.8) is 0 Å². The third kappa shape index (κ3) is 3.11. The molecule has 0 aliphatic carbocycles. The first-order chi connectivity index (χ1) is 6.75. The van der Waals surface area contributed by atoms with E-state index in [0.29, 0.717) is 6.61 Å². The number of hydrogen-bond acceptors (Lipinski definition) is 2. The van der Waals surface area contributed by atoms with Crippen LogP contribution in [0.1, 0.15) is 18.0 Å². The van der Waals surface area contributed by atoms with Crippen molar-refractivity contribution in [2.75, 3.05) is 6.61 Å². The van der Waals surface area contributed by atoms with E-state index in [1.165, 1.54) is 0 Å². The summed E-state index contributed by atoms with van der Waals surface area (Å²) in [7, 11) is 0. The van der Waals surface area contributed by atoms with Crippen molar-refractivity contribution in [3.8, 4) is 0 Å². The predicted octanol–water partition coefficient (Wildman–Crippen LogP) is 3.04. The summed E-state index contributed by atoms with van der Waals surface area (Å²) in [5.41, 5.74) is 1.11. The molecule has 0 aromatic heterocycles. The highest BCUT2D eigenvalue weighted by molar-refractivity contribution is 9.10. The van der Waals surface area contributed by atoms with Gasteiger partial charge in [0.25, 0.3) is 0 Å². The molecule has 2 rings (SSSR count). The second-order valence-corrected chi connectivity index (χ2v) is 4.09. The molecular formula is C10H11BrClNO2. The summed E-state index contributed by atoms with van der Waals surface area (Å²) in [5.74, 6) is 0. The lowest BCUT2D eigenvalue weighted by molar-refractivity contribution is 0.115. The average Bonchev–Trinajstić information content (AvgIpc) is 2.18. The minimum absolute atomic E-state index is 0. The van der Waals surface area contributed by atoms with Crippen LogP contribution >= 0.6 is 28.3 Å². The molecule has 1 atom stereocenters. The van der Waals surface area contributed by atoms with Gasteiger partial charge < -0.3 is 10.1 Å². The van der Waals surface area contributed by atoms with E-state index in [-0.39, 0.29) is 24.5 Å². The number of halogens is 2. The molecule has 1 saturated heterocycles. The molecule has 1 aliphatic heterocycles. The number of rotatable bonds is 1. The molecule has 0 radical (unpaired) electrons. The molecule has 5 heteroatoms. The zero-order valence-electron chi connectivity index (χ0n) is 7.90. The Labute approximate surface area is 103 Å². The number of cyclic esters (lactones) is 1. The summed E-state index contributed by atoms with van der Waals surface area (Å²) in [5, 5.41) is 2.78. The summed E-state index contributed by atoms with van der Waals surface area (Å²) >= 11 is 3.40. The van der Waals surface area contributed by atoms with Crippen LogP contribution in [0.25, 0.3) is 0 Å². The summed E-state index contributed by atoms with van der Waals surface area (Å²) in [6.07, 6.45) is 0.489. The van der Waals surface area contributed by atoms with E-state index in [2.05, 4.69) is 21.2 Å². The van der Waals surface area contributed by atoms with Crippen LogP contribution in [0.4, 0.5) is 4.79 Å². The largest absolute Gasteiger partial charge is 0.449 e. The smallest absolute Gasteiger partial charge is 0.407 e. The molecule has 1 amide bonds. The summed E-state index contributed by atoms with van der Waals surface area (Å²) in [6.45, 7) is 0.489. The number of benzene rings is 1. The van der Waals surface area contributed by atoms with E-state index in [9.17, 15) is 4.79 Å². The highest BCUT2D eigenvalue weighted by Gasteiger charge is 2.20. The Morgan fingerprint density at radius 3 is 2.93 bits per heavy atom. The van der Waals surface area contributed by atoms with Gasteiger partial charge in [-0.05, 0) is 17.7 Å².